The third kappa shape index (κ3) is 5.21. The van der Waals surface area contributed by atoms with Crippen molar-refractivity contribution in [2.24, 2.45) is 0 Å². The van der Waals surface area contributed by atoms with Crippen LogP contribution in [-0.2, 0) is 16.1 Å². The second-order valence-corrected chi connectivity index (χ2v) is 7.95. The van der Waals surface area contributed by atoms with Crippen LogP contribution >= 0.6 is 27.7 Å². The Morgan fingerprint density at radius 3 is 2.58 bits per heavy atom. The molecule has 1 aromatic carbocycles. The van der Waals surface area contributed by atoms with Gasteiger partial charge in [0.1, 0.15) is 5.60 Å². The number of rotatable bonds is 6. The van der Waals surface area contributed by atoms with E-state index in [1.807, 2.05) is 49.6 Å². The highest BCUT2D eigenvalue weighted by Gasteiger charge is 2.19. The van der Waals surface area contributed by atoms with E-state index in [-0.39, 0.29) is 11.7 Å². The van der Waals surface area contributed by atoms with Gasteiger partial charge in [-0.15, -0.1) is 16.8 Å². The molecule has 1 aromatic heterocycles. The maximum absolute atomic E-state index is 11.9. The molecule has 0 saturated heterocycles. The highest BCUT2D eigenvalue weighted by molar-refractivity contribution is 9.10. The Kier molecular flexibility index (Phi) is 6.23. The molecule has 0 atom stereocenters. The first-order chi connectivity index (χ1) is 11.3. The summed E-state index contributed by atoms with van der Waals surface area (Å²) in [5.41, 5.74) is 0.464. The van der Waals surface area contributed by atoms with Gasteiger partial charge in [0.05, 0.1) is 5.75 Å². The van der Waals surface area contributed by atoms with Crippen molar-refractivity contribution in [2.45, 2.75) is 38.1 Å². The smallest absolute Gasteiger partial charge is 0.316 e. The van der Waals surface area contributed by atoms with Gasteiger partial charge < -0.3 is 4.74 Å². The number of nitrogens with zero attached hydrogens (tertiary/aromatic N) is 3. The predicted octanol–water partition coefficient (Wildman–Crippen LogP) is 4.33. The number of thioether (sulfide) groups is 1. The van der Waals surface area contributed by atoms with Crippen LogP contribution in [0.1, 0.15) is 20.8 Å². The molecular weight excluding hydrogens is 390 g/mol. The van der Waals surface area contributed by atoms with E-state index >= 15 is 0 Å². The number of halogens is 1. The third-order valence-electron chi connectivity index (χ3n) is 2.87. The van der Waals surface area contributed by atoms with Gasteiger partial charge >= 0.3 is 5.97 Å². The van der Waals surface area contributed by atoms with Gasteiger partial charge in [0.15, 0.2) is 11.0 Å². The van der Waals surface area contributed by atoms with Crippen molar-refractivity contribution < 1.29 is 9.53 Å². The molecular formula is C17H20BrN3O2S. The molecule has 1 heterocycles. The van der Waals surface area contributed by atoms with E-state index in [9.17, 15) is 4.79 Å². The lowest BCUT2D eigenvalue weighted by atomic mass is 10.2. The van der Waals surface area contributed by atoms with Crippen molar-refractivity contribution in [3.05, 3.63) is 41.4 Å². The zero-order valence-electron chi connectivity index (χ0n) is 14.0. The number of hydrogen-bond donors (Lipinski definition) is 0. The van der Waals surface area contributed by atoms with Crippen LogP contribution in [0.5, 0.6) is 0 Å². The fourth-order valence-electron chi connectivity index (χ4n) is 2.00. The quantitative estimate of drug-likeness (QED) is 0.403. The summed E-state index contributed by atoms with van der Waals surface area (Å²) < 4.78 is 8.26. The molecule has 128 valence electrons. The first kappa shape index (κ1) is 18.7. The topological polar surface area (TPSA) is 57.0 Å². The lowest BCUT2D eigenvalue weighted by molar-refractivity contribution is -0.151. The highest BCUT2D eigenvalue weighted by atomic mass is 79.9. The summed E-state index contributed by atoms with van der Waals surface area (Å²) >= 11 is 4.73. The molecule has 0 fully saturated rings. The Morgan fingerprint density at radius 2 is 2.00 bits per heavy atom. The maximum atomic E-state index is 11.9. The summed E-state index contributed by atoms with van der Waals surface area (Å²) in [6.45, 7) is 9.89. The molecule has 0 saturated carbocycles. The summed E-state index contributed by atoms with van der Waals surface area (Å²) in [5.74, 6) is 0.660. The van der Waals surface area contributed by atoms with Crippen LogP contribution in [0.15, 0.2) is 46.5 Å². The van der Waals surface area contributed by atoms with Crippen LogP contribution in [-0.4, -0.2) is 32.1 Å². The maximum Gasteiger partial charge on any atom is 0.316 e. The molecule has 0 aliphatic rings. The molecule has 2 rings (SSSR count). The molecule has 0 aliphatic heterocycles. The Labute approximate surface area is 154 Å². The molecule has 0 unspecified atom stereocenters. The minimum Gasteiger partial charge on any atom is -0.459 e. The van der Waals surface area contributed by atoms with E-state index in [2.05, 4.69) is 32.7 Å². The molecule has 0 radical (unpaired) electrons. The number of hydrogen-bond acceptors (Lipinski definition) is 5. The number of esters is 1. The van der Waals surface area contributed by atoms with Gasteiger partial charge in [-0.2, -0.15) is 0 Å². The number of allylic oxidation sites excluding steroid dienone is 1. The number of aromatic nitrogens is 3. The fourth-order valence-corrected chi connectivity index (χ4v) is 2.98. The molecule has 5 nitrogen and oxygen atoms in total. The monoisotopic (exact) mass is 409 g/mol. The van der Waals surface area contributed by atoms with Crippen molar-refractivity contribution in [3.8, 4) is 11.4 Å². The Hall–Kier alpha value is -1.60. The van der Waals surface area contributed by atoms with Crippen molar-refractivity contribution >= 4 is 33.7 Å². The van der Waals surface area contributed by atoms with Crippen LogP contribution < -0.4 is 0 Å². The second-order valence-electron chi connectivity index (χ2n) is 6.09. The first-order valence-electron chi connectivity index (χ1n) is 7.45. The van der Waals surface area contributed by atoms with Crippen molar-refractivity contribution in [2.75, 3.05) is 5.75 Å². The molecule has 7 heteroatoms. The number of benzene rings is 1. The fraction of sp³-hybridized carbons (Fsp3) is 0.353. The minimum atomic E-state index is -0.491. The van der Waals surface area contributed by atoms with Crippen LogP contribution in [0, 0.1) is 0 Å². The van der Waals surface area contributed by atoms with Gasteiger partial charge in [0.2, 0.25) is 0 Å². The van der Waals surface area contributed by atoms with Gasteiger partial charge in [-0.05, 0) is 32.9 Å². The summed E-state index contributed by atoms with van der Waals surface area (Å²) in [5, 5.41) is 9.14. The molecule has 0 amide bonds. The molecule has 0 bridgehead atoms. The van der Waals surface area contributed by atoms with Crippen LogP contribution in [0.3, 0.4) is 0 Å². The molecule has 0 N–H and O–H groups in total. The molecule has 24 heavy (non-hydrogen) atoms. The average Bonchev–Trinajstić information content (AvgIpc) is 2.88. The average molecular weight is 410 g/mol. The summed E-state index contributed by atoms with van der Waals surface area (Å²) in [6, 6.07) is 7.84. The van der Waals surface area contributed by atoms with Crippen LogP contribution in [0.4, 0.5) is 0 Å². The normalized spacial score (nSPS) is 11.3. The van der Waals surface area contributed by atoms with Gasteiger partial charge in [0.25, 0.3) is 0 Å². The van der Waals surface area contributed by atoms with E-state index in [1.165, 1.54) is 11.8 Å². The van der Waals surface area contributed by atoms with Gasteiger partial charge in [-0.3, -0.25) is 9.36 Å². The summed E-state index contributed by atoms with van der Waals surface area (Å²) in [6.07, 6.45) is 1.78. The summed E-state index contributed by atoms with van der Waals surface area (Å²) in [4.78, 5) is 11.9. The number of carbonyl (C=O) groups excluding carboxylic acids is 1. The Bertz CT molecular complexity index is 720. The van der Waals surface area contributed by atoms with Gasteiger partial charge in [0, 0.05) is 16.6 Å². The van der Waals surface area contributed by atoms with E-state index in [0.717, 1.165) is 15.9 Å². The van der Waals surface area contributed by atoms with Crippen LogP contribution in [0.25, 0.3) is 11.4 Å². The van der Waals surface area contributed by atoms with E-state index in [0.29, 0.717) is 11.7 Å². The van der Waals surface area contributed by atoms with Crippen molar-refractivity contribution in [1.82, 2.24) is 14.8 Å². The standard InChI is InChI=1S/C17H20BrN3O2S/c1-5-10-21-15(12-6-8-13(18)9-7-12)19-20-16(21)24-11-14(22)23-17(2,3)4/h5-9H,1,10-11H2,2-4H3. The first-order valence-corrected chi connectivity index (χ1v) is 9.22. The lowest BCUT2D eigenvalue weighted by Crippen LogP contribution is -2.25. The van der Waals surface area contributed by atoms with Crippen molar-refractivity contribution in [3.63, 3.8) is 0 Å². The summed E-state index contributed by atoms with van der Waals surface area (Å²) in [7, 11) is 0. The van der Waals surface area contributed by atoms with Crippen molar-refractivity contribution in [1.29, 1.82) is 0 Å². The number of carbonyl (C=O) groups is 1. The molecule has 0 aliphatic carbocycles. The Balaban J connectivity index is 2.17. The predicted molar refractivity (Wildman–Crippen MR) is 99.9 cm³/mol. The third-order valence-corrected chi connectivity index (χ3v) is 4.34. The van der Waals surface area contributed by atoms with E-state index < -0.39 is 5.60 Å². The minimum absolute atomic E-state index is 0.187. The van der Waals surface area contributed by atoms with Gasteiger partial charge in [-0.25, -0.2) is 0 Å². The zero-order chi connectivity index (χ0) is 17.7. The second kappa shape index (κ2) is 7.98. The SMILES string of the molecule is C=CCn1c(SCC(=O)OC(C)(C)C)nnc1-c1ccc(Br)cc1. The zero-order valence-corrected chi connectivity index (χ0v) is 16.4. The van der Waals surface area contributed by atoms with E-state index in [4.69, 9.17) is 4.74 Å². The van der Waals surface area contributed by atoms with E-state index in [1.54, 1.807) is 6.08 Å². The molecule has 2 aromatic rings. The largest absolute Gasteiger partial charge is 0.459 e. The Morgan fingerprint density at radius 1 is 1.33 bits per heavy atom. The van der Waals surface area contributed by atoms with Crippen LogP contribution in [0.2, 0.25) is 0 Å². The highest BCUT2D eigenvalue weighted by Crippen LogP contribution is 2.25. The number of ether oxygens (including phenoxy) is 1. The van der Waals surface area contributed by atoms with Gasteiger partial charge in [-0.1, -0.05) is 45.9 Å². The molecule has 0 spiro atoms. The lowest BCUT2D eigenvalue weighted by Gasteiger charge is -2.19.